The van der Waals surface area contributed by atoms with E-state index in [0.717, 1.165) is 37.7 Å². The predicted octanol–water partition coefficient (Wildman–Crippen LogP) is 8.63. The summed E-state index contributed by atoms with van der Waals surface area (Å²) in [4.78, 5) is 0. The van der Waals surface area contributed by atoms with Gasteiger partial charge in [-0.15, -0.1) is 0 Å². The zero-order valence-electron chi connectivity index (χ0n) is 19.1. The van der Waals surface area contributed by atoms with E-state index in [-0.39, 0.29) is 17.2 Å². The Morgan fingerprint density at radius 1 is 0.818 bits per heavy atom. The Bertz CT molecular complexity index is 1130. The molecule has 0 radical (unpaired) electrons. The maximum atomic E-state index is 15.0. The number of methoxy groups -OCH3 is 1. The second-order valence-electron chi connectivity index (χ2n) is 8.81. The lowest BCUT2D eigenvalue weighted by Gasteiger charge is -2.28. The summed E-state index contributed by atoms with van der Waals surface area (Å²) < 4.78 is 48.7. The molecule has 1 aliphatic carbocycles. The van der Waals surface area contributed by atoms with Crippen molar-refractivity contribution in [2.75, 3.05) is 7.11 Å². The molecule has 0 amide bonds. The van der Waals surface area contributed by atoms with Crippen LogP contribution in [0.25, 0.3) is 23.3 Å². The first-order chi connectivity index (χ1) is 16.0. The number of rotatable bonds is 6. The molecule has 0 aromatic heterocycles. The molecule has 3 aromatic carbocycles. The van der Waals surface area contributed by atoms with Gasteiger partial charge in [-0.3, -0.25) is 0 Å². The number of hydrogen-bond acceptors (Lipinski definition) is 1. The number of halogens is 3. The van der Waals surface area contributed by atoms with Crippen molar-refractivity contribution in [2.45, 2.75) is 44.9 Å². The van der Waals surface area contributed by atoms with E-state index in [1.165, 1.54) is 13.2 Å². The van der Waals surface area contributed by atoms with Crippen molar-refractivity contribution < 1.29 is 17.9 Å². The highest BCUT2D eigenvalue weighted by Gasteiger charge is 2.25. The molecule has 1 saturated carbocycles. The molecule has 0 heterocycles. The maximum Gasteiger partial charge on any atom is 0.166 e. The zero-order valence-corrected chi connectivity index (χ0v) is 19.1. The Morgan fingerprint density at radius 3 is 2.12 bits per heavy atom. The third-order valence-corrected chi connectivity index (χ3v) is 6.84. The van der Waals surface area contributed by atoms with Crippen molar-refractivity contribution in [2.24, 2.45) is 5.92 Å². The summed E-state index contributed by atoms with van der Waals surface area (Å²) in [5, 5.41) is 0. The molecule has 0 saturated heterocycles. The van der Waals surface area contributed by atoms with Gasteiger partial charge in [0.05, 0.1) is 7.11 Å². The molecule has 0 N–H and O–H groups in total. The Hall–Kier alpha value is -3.01. The minimum atomic E-state index is -0.776. The van der Waals surface area contributed by atoms with E-state index >= 15 is 0 Å². The summed E-state index contributed by atoms with van der Waals surface area (Å²) in [6, 6.07) is 15.4. The normalized spacial score (nSPS) is 18.6. The van der Waals surface area contributed by atoms with E-state index in [9.17, 15) is 13.2 Å². The molecule has 0 spiro atoms. The van der Waals surface area contributed by atoms with Gasteiger partial charge in [0.1, 0.15) is 0 Å². The van der Waals surface area contributed by atoms with Crippen LogP contribution in [0.5, 0.6) is 5.75 Å². The smallest absolute Gasteiger partial charge is 0.166 e. The van der Waals surface area contributed by atoms with E-state index < -0.39 is 17.5 Å². The average Bonchev–Trinajstić information content (AvgIpc) is 2.85. The number of hydrogen-bond donors (Lipinski definition) is 0. The Morgan fingerprint density at radius 2 is 1.48 bits per heavy atom. The summed E-state index contributed by atoms with van der Waals surface area (Å²) in [7, 11) is 1.43. The van der Waals surface area contributed by atoms with Gasteiger partial charge >= 0.3 is 0 Å². The molecular weight excluding hydrogens is 421 g/mol. The van der Waals surface area contributed by atoms with Gasteiger partial charge in [-0.2, -0.15) is 0 Å². The predicted molar refractivity (Wildman–Crippen MR) is 129 cm³/mol. The first-order valence-electron chi connectivity index (χ1n) is 11.6. The van der Waals surface area contributed by atoms with E-state index in [1.807, 2.05) is 18.2 Å². The van der Waals surface area contributed by atoms with Crippen LogP contribution in [0.3, 0.4) is 0 Å². The first-order valence-corrected chi connectivity index (χ1v) is 11.6. The van der Waals surface area contributed by atoms with Crippen LogP contribution in [0, 0.1) is 23.4 Å². The van der Waals surface area contributed by atoms with Crippen molar-refractivity contribution in [1.82, 2.24) is 0 Å². The van der Waals surface area contributed by atoms with Gasteiger partial charge in [-0.1, -0.05) is 68.0 Å². The van der Waals surface area contributed by atoms with Gasteiger partial charge in [0.15, 0.2) is 23.2 Å². The summed E-state index contributed by atoms with van der Waals surface area (Å²) in [5.41, 5.74) is 2.98. The molecule has 0 bridgehead atoms. The van der Waals surface area contributed by atoms with Gasteiger partial charge in [-0.25, -0.2) is 13.2 Å². The molecule has 0 atom stereocenters. The van der Waals surface area contributed by atoms with Gasteiger partial charge in [0.2, 0.25) is 0 Å². The van der Waals surface area contributed by atoms with Crippen molar-refractivity contribution in [3.8, 4) is 16.9 Å². The third kappa shape index (κ3) is 5.16. The molecule has 33 heavy (non-hydrogen) atoms. The molecule has 172 valence electrons. The van der Waals surface area contributed by atoms with Crippen LogP contribution >= 0.6 is 0 Å². The van der Waals surface area contributed by atoms with Crippen LogP contribution in [-0.2, 0) is 0 Å². The fraction of sp³-hybridized carbons (Fsp3) is 0.310. The van der Waals surface area contributed by atoms with Crippen LogP contribution in [-0.4, -0.2) is 7.11 Å². The molecule has 0 aliphatic heterocycles. The Labute approximate surface area is 193 Å². The molecule has 0 unspecified atom stereocenters. The van der Waals surface area contributed by atoms with Crippen LogP contribution in [0.15, 0.2) is 54.6 Å². The van der Waals surface area contributed by atoms with Gasteiger partial charge < -0.3 is 4.74 Å². The second kappa shape index (κ2) is 10.3. The fourth-order valence-corrected chi connectivity index (χ4v) is 4.74. The highest BCUT2D eigenvalue weighted by atomic mass is 19.2. The molecule has 1 nitrogen and oxygen atoms in total. The molecule has 3 aromatic rings. The SMILES string of the molecule is CCC1CCC(c2ccc(-c3ccc(C=Cc4ccc(OC)c(F)c4)cc3)c(F)c2F)CC1. The van der Waals surface area contributed by atoms with Crippen LogP contribution < -0.4 is 4.74 Å². The lowest BCUT2D eigenvalue weighted by molar-refractivity contribution is 0.312. The van der Waals surface area contributed by atoms with E-state index in [1.54, 1.807) is 42.5 Å². The number of ether oxygens (including phenoxy) is 1. The topological polar surface area (TPSA) is 9.23 Å². The zero-order chi connectivity index (χ0) is 23.4. The summed E-state index contributed by atoms with van der Waals surface area (Å²) in [5.74, 6) is -0.892. The summed E-state index contributed by atoms with van der Waals surface area (Å²) in [6.07, 6.45) is 8.81. The summed E-state index contributed by atoms with van der Waals surface area (Å²) >= 11 is 0. The van der Waals surface area contributed by atoms with Crippen molar-refractivity contribution in [3.63, 3.8) is 0 Å². The summed E-state index contributed by atoms with van der Waals surface area (Å²) in [6.45, 7) is 2.19. The van der Waals surface area contributed by atoms with Crippen LogP contribution in [0.2, 0.25) is 0 Å². The molecule has 4 heteroatoms. The van der Waals surface area contributed by atoms with E-state index in [4.69, 9.17) is 4.74 Å². The molecule has 1 fully saturated rings. The fourth-order valence-electron chi connectivity index (χ4n) is 4.74. The monoisotopic (exact) mass is 450 g/mol. The minimum absolute atomic E-state index is 0.103. The Balaban J connectivity index is 1.49. The standard InChI is InChI=1S/C29H29F3O/c1-3-19-6-11-22(12-7-19)24-15-16-25(29(32)28(24)31)23-13-8-20(9-14-23)4-5-21-10-17-27(33-2)26(30)18-21/h4-5,8-10,13-19,22H,3,6-7,11-12H2,1-2H3. The third-order valence-electron chi connectivity index (χ3n) is 6.84. The minimum Gasteiger partial charge on any atom is -0.494 e. The highest BCUT2D eigenvalue weighted by Crippen LogP contribution is 2.39. The average molecular weight is 451 g/mol. The second-order valence-corrected chi connectivity index (χ2v) is 8.81. The molecule has 1 aliphatic rings. The largest absolute Gasteiger partial charge is 0.494 e. The quantitative estimate of drug-likeness (QED) is 0.342. The van der Waals surface area contributed by atoms with E-state index in [2.05, 4.69) is 6.92 Å². The van der Waals surface area contributed by atoms with Crippen LogP contribution in [0.4, 0.5) is 13.2 Å². The lowest BCUT2D eigenvalue weighted by Crippen LogP contribution is -2.14. The lowest BCUT2D eigenvalue weighted by atomic mass is 9.77. The van der Waals surface area contributed by atoms with E-state index in [0.29, 0.717) is 22.6 Å². The van der Waals surface area contributed by atoms with Gasteiger partial charge in [0.25, 0.3) is 0 Å². The highest BCUT2D eigenvalue weighted by molar-refractivity contribution is 5.72. The molecule has 4 rings (SSSR count). The van der Waals surface area contributed by atoms with Crippen molar-refractivity contribution in [1.29, 1.82) is 0 Å². The first kappa shape index (κ1) is 23.2. The Kier molecular flexibility index (Phi) is 7.22. The van der Waals surface area contributed by atoms with Gasteiger partial charge in [0, 0.05) is 5.56 Å². The van der Waals surface area contributed by atoms with Crippen LogP contribution in [0.1, 0.15) is 61.6 Å². The molecular formula is C29H29F3O. The van der Waals surface area contributed by atoms with Crippen molar-refractivity contribution >= 4 is 12.2 Å². The van der Waals surface area contributed by atoms with Gasteiger partial charge in [-0.05, 0) is 71.9 Å². The maximum absolute atomic E-state index is 15.0. The van der Waals surface area contributed by atoms with Crippen molar-refractivity contribution in [3.05, 3.63) is 88.7 Å². The number of benzene rings is 3.